The molecule has 0 bridgehead atoms. The van der Waals surface area contributed by atoms with Crippen LogP contribution >= 0.6 is 12.2 Å². The first-order valence-electron chi connectivity index (χ1n) is 16.5. The first kappa shape index (κ1) is 37.5. The van der Waals surface area contributed by atoms with Gasteiger partial charge >= 0.3 is 12.1 Å². The number of thiocarbonyl (C=S) groups is 1. The molecule has 0 spiro atoms. The maximum absolute atomic E-state index is 13.7. The van der Waals surface area contributed by atoms with Crippen LogP contribution in [0.5, 0.6) is 0 Å². The molecule has 0 aromatic heterocycles. The zero-order chi connectivity index (χ0) is 35.7. The summed E-state index contributed by atoms with van der Waals surface area (Å²) >= 11 is 5.74. The summed E-state index contributed by atoms with van der Waals surface area (Å²) in [6.07, 6.45) is 0.851. The fourth-order valence-corrected chi connectivity index (χ4v) is 8.36. The molecule has 10 nitrogen and oxygen atoms in total. The van der Waals surface area contributed by atoms with Gasteiger partial charge in [0.25, 0.3) is 11.8 Å². The first-order chi connectivity index (χ1) is 22.4. The van der Waals surface area contributed by atoms with Gasteiger partial charge in [0.15, 0.2) is 11.2 Å². The highest BCUT2D eigenvalue weighted by atomic mass is 32.1. The van der Waals surface area contributed by atoms with E-state index in [0.29, 0.717) is 5.92 Å². The van der Waals surface area contributed by atoms with Crippen molar-refractivity contribution in [3.63, 3.8) is 0 Å². The topological polar surface area (TPSA) is 100 Å². The van der Waals surface area contributed by atoms with Gasteiger partial charge < -0.3 is 19.4 Å². The number of methoxy groups -OCH3 is 1. The minimum atomic E-state index is -4.75. The lowest BCUT2D eigenvalue weighted by molar-refractivity contribution is -0.159. The largest absolute Gasteiger partial charge is 0.467 e. The molecule has 1 unspecified atom stereocenters. The van der Waals surface area contributed by atoms with Gasteiger partial charge in [0.1, 0.15) is 5.54 Å². The number of halogens is 3. The Labute approximate surface area is 286 Å². The number of nitriles is 1. The third-order valence-corrected chi connectivity index (χ3v) is 10.5. The molecule has 4 rings (SSSR count). The smallest absolute Gasteiger partial charge is 0.417 e. The zero-order valence-electron chi connectivity index (χ0n) is 28.8. The van der Waals surface area contributed by atoms with E-state index in [1.165, 1.54) is 23.0 Å². The summed E-state index contributed by atoms with van der Waals surface area (Å²) < 4.78 is 46.0. The Morgan fingerprint density at radius 1 is 1.12 bits per heavy atom. The van der Waals surface area contributed by atoms with Crippen molar-refractivity contribution in [2.75, 3.05) is 45.7 Å². The van der Waals surface area contributed by atoms with E-state index in [2.05, 4.69) is 4.90 Å². The zero-order valence-corrected chi connectivity index (χ0v) is 29.7. The van der Waals surface area contributed by atoms with E-state index in [1.807, 2.05) is 23.6 Å². The molecule has 2 heterocycles. The number of carbonyl (C=O) groups is 3. The molecule has 3 atom stereocenters. The molecule has 2 amide bonds. The number of esters is 1. The summed E-state index contributed by atoms with van der Waals surface area (Å²) in [5, 5.41) is 9.38. The number of nitrogens with zero attached hydrogens (tertiary/aromatic N) is 6. The van der Waals surface area contributed by atoms with Crippen molar-refractivity contribution in [1.82, 2.24) is 19.6 Å². The van der Waals surface area contributed by atoms with E-state index in [0.717, 1.165) is 70.3 Å². The Morgan fingerprint density at radius 2 is 1.73 bits per heavy atom. The number of likely N-dealkylation sites (N-methyl/N-ethyl adjacent to an activating group) is 1. The van der Waals surface area contributed by atoms with E-state index in [1.54, 1.807) is 34.0 Å². The molecule has 1 aromatic rings. The van der Waals surface area contributed by atoms with Crippen LogP contribution in [0.4, 0.5) is 18.9 Å². The van der Waals surface area contributed by atoms with Gasteiger partial charge in [-0.05, 0) is 109 Å². The van der Waals surface area contributed by atoms with Crippen molar-refractivity contribution in [1.29, 1.82) is 5.26 Å². The van der Waals surface area contributed by atoms with Gasteiger partial charge in [-0.3, -0.25) is 19.4 Å². The highest BCUT2D eigenvalue weighted by Crippen LogP contribution is 2.41. The fraction of sp³-hybridized carbons (Fsp3) is 0.676. The lowest BCUT2D eigenvalue weighted by atomic mass is 9.82. The second-order valence-electron chi connectivity index (χ2n) is 14.1. The number of amides is 2. The fourth-order valence-electron chi connectivity index (χ4n) is 7.79. The Balaban J connectivity index is 1.33. The van der Waals surface area contributed by atoms with Crippen molar-refractivity contribution in [3.8, 4) is 6.07 Å². The second-order valence-corrected chi connectivity index (χ2v) is 14.4. The Kier molecular flexibility index (Phi) is 11.5. The molecular weight excluding hydrogens is 645 g/mol. The molecule has 1 aliphatic carbocycles. The molecule has 14 heteroatoms. The molecule has 3 fully saturated rings. The van der Waals surface area contributed by atoms with E-state index in [-0.39, 0.29) is 40.7 Å². The van der Waals surface area contributed by atoms with Crippen molar-refractivity contribution < 1.29 is 32.3 Å². The third-order valence-electron chi connectivity index (χ3n) is 10.1. The average Bonchev–Trinajstić information content (AvgIpc) is 3.20. The number of alkyl halides is 3. The van der Waals surface area contributed by atoms with E-state index in [4.69, 9.17) is 17.0 Å². The van der Waals surface area contributed by atoms with Crippen LogP contribution in [-0.2, 0) is 25.3 Å². The number of hydrogen-bond donors (Lipinski definition) is 0. The second kappa shape index (κ2) is 14.7. The van der Waals surface area contributed by atoms with E-state index in [9.17, 15) is 32.8 Å². The van der Waals surface area contributed by atoms with Crippen LogP contribution in [0.1, 0.15) is 77.3 Å². The summed E-state index contributed by atoms with van der Waals surface area (Å²) in [6, 6.07) is 3.83. The molecule has 1 saturated carbocycles. The average molecular weight is 693 g/mol. The van der Waals surface area contributed by atoms with Crippen molar-refractivity contribution >= 4 is 40.8 Å². The lowest BCUT2D eigenvalue weighted by Gasteiger charge is -2.47. The number of carbonyl (C=O) groups excluding carboxylic acids is 3. The SMILES string of the molecule is COC(=O)C(C(=O)N(C)C)N1[C@H](C)CN(CCCC2CCC(N3C(=S)N(c4ccc(C#N)c(C(F)(F)F)c4)C(=O)C3(C)C)CC2)C[C@@H]1C. The predicted octanol–water partition coefficient (Wildman–Crippen LogP) is 4.65. The van der Waals surface area contributed by atoms with Crippen LogP contribution < -0.4 is 4.90 Å². The number of piperazine rings is 1. The molecular formula is C34H47F3N6O4S. The monoisotopic (exact) mass is 692 g/mol. The number of ether oxygens (including phenoxy) is 1. The summed E-state index contributed by atoms with van der Waals surface area (Å²) in [4.78, 5) is 47.9. The number of hydrogen-bond acceptors (Lipinski definition) is 8. The summed E-state index contributed by atoms with van der Waals surface area (Å²) in [7, 11) is 4.58. The Morgan fingerprint density at radius 3 is 2.25 bits per heavy atom. The van der Waals surface area contributed by atoms with Gasteiger partial charge in [0.05, 0.1) is 30.0 Å². The molecule has 1 aromatic carbocycles. The van der Waals surface area contributed by atoms with Crippen molar-refractivity contribution in [2.45, 2.75) is 102 Å². The number of anilines is 1. The van der Waals surface area contributed by atoms with Gasteiger partial charge in [-0.2, -0.15) is 18.4 Å². The minimum absolute atomic E-state index is 0.00942. The van der Waals surface area contributed by atoms with Gasteiger partial charge in [0, 0.05) is 45.3 Å². The van der Waals surface area contributed by atoms with Crippen molar-refractivity contribution in [2.24, 2.45) is 5.92 Å². The minimum Gasteiger partial charge on any atom is -0.467 e. The molecule has 48 heavy (non-hydrogen) atoms. The summed E-state index contributed by atoms with van der Waals surface area (Å²) in [5.41, 5.74) is -2.62. The van der Waals surface area contributed by atoms with Crippen LogP contribution in [-0.4, -0.2) is 113 Å². The van der Waals surface area contributed by atoms with Gasteiger partial charge in [0.2, 0.25) is 0 Å². The van der Waals surface area contributed by atoms with E-state index < -0.39 is 34.9 Å². The Hall–Kier alpha value is -3.28. The quantitative estimate of drug-likeness (QED) is 0.208. The highest BCUT2D eigenvalue weighted by molar-refractivity contribution is 7.80. The molecule has 2 aliphatic heterocycles. The Bertz CT molecular complexity index is 1430. The van der Waals surface area contributed by atoms with Crippen LogP contribution in [0.3, 0.4) is 0 Å². The van der Waals surface area contributed by atoms with Crippen LogP contribution in [0.2, 0.25) is 0 Å². The van der Waals surface area contributed by atoms with Crippen LogP contribution in [0.25, 0.3) is 0 Å². The maximum atomic E-state index is 13.7. The van der Waals surface area contributed by atoms with Crippen LogP contribution in [0, 0.1) is 17.2 Å². The number of benzene rings is 1. The normalized spacial score (nSPS) is 25.9. The predicted molar refractivity (Wildman–Crippen MR) is 179 cm³/mol. The van der Waals surface area contributed by atoms with Crippen molar-refractivity contribution in [3.05, 3.63) is 29.3 Å². The lowest BCUT2D eigenvalue weighted by Crippen LogP contribution is -2.65. The molecule has 2 saturated heterocycles. The molecule has 0 N–H and O–H groups in total. The summed E-state index contributed by atoms with van der Waals surface area (Å²) in [5.74, 6) is -0.709. The standard InChI is InChI=1S/C34H47F3N6O4S/c1-21-19-40(20-22(2)41(21)28(30(45)47-7)29(44)39(5)6)16-8-9-23-10-13-25(14-11-23)43-32(48)42(31(46)33(43,3)4)26-15-12-24(18-38)27(17-26)34(35,36)37/h12,15,17,21-23,25,28H,8-11,13-14,16,19-20H2,1-7H3/t21-,22+,23?,25?,28?. The summed E-state index contributed by atoms with van der Waals surface area (Å²) in [6.45, 7) is 9.97. The van der Waals surface area contributed by atoms with Gasteiger partial charge in [-0.25, -0.2) is 4.79 Å². The molecule has 264 valence electrons. The third kappa shape index (κ3) is 7.48. The maximum Gasteiger partial charge on any atom is 0.417 e. The van der Waals surface area contributed by atoms with Gasteiger partial charge in [-0.1, -0.05) is 0 Å². The van der Waals surface area contributed by atoms with Crippen LogP contribution in [0.15, 0.2) is 18.2 Å². The molecule has 0 radical (unpaired) electrons. The van der Waals surface area contributed by atoms with Gasteiger partial charge in [-0.15, -0.1) is 0 Å². The molecule has 3 aliphatic rings. The van der Waals surface area contributed by atoms with E-state index >= 15 is 0 Å². The first-order valence-corrected chi connectivity index (χ1v) is 16.9. The number of rotatable bonds is 9. The highest BCUT2D eigenvalue weighted by Gasteiger charge is 2.52.